The van der Waals surface area contributed by atoms with Gasteiger partial charge >= 0.3 is 5.97 Å². The number of fused-ring (bicyclic) bond motifs is 1. The predicted octanol–water partition coefficient (Wildman–Crippen LogP) is 4.38. The fourth-order valence-corrected chi connectivity index (χ4v) is 4.16. The fraction of sp³-hybridized carbons (Fsp3) is 0.179. The van der Waals surface area contributed by atoms with Gasteiger partial charge in [-0.3, -0.25) is 4.79 Å². The van der Waals surface area contributed by atoms with E-state index in [2.05, 4.69) is 10.3 Å². The molecule has 184 valence electrons. The Labute approximate surface area is 213 Å². The van der Waals surface area contributed by atoms with E-state index in [1.807, 2.05) is 36.4 Å². The largest absolute Gasteiger partial charge is 0.508 e. The lowest BCUT2D eigenvalue weighted by atomic mass is 10.00. The van der Waals surface area contributed by atoms with Crippen LogP contribution in [-0.4, -0.2) is 39.7 Å². The number of aromatic nitrogens is 1. The molecule has 0 unspecified atom stereocenters. The van der Waals surface area contributed by atoms with Gasteiger partial charge < -0.3 is 21.3 Å². The Morgan fingerprint density at radius 2 is 1.56 bits per heavy atom. The van der Waals surface area contributed by atoms with E-state index in [4.69, 9.17) is 17.3 Å². The average molecular weight is 504 g/mol. The zero-order valence-electron chi connectivity index (χ0n) is 19.4. The number of rotatable bonds is 9. The lowest BCUT2D eigenvalue weighted by molar-refractivity contribution is 0.0699. The van der Waals surface area contributed by atoms with Crippen LogP contribution in [-0.2, 0) is 19.3 Å². The van der Waals surface area contributed by atoms with Crippen molar-refractivity contribution in [2.45, 2.75) is 25.3 Å². The number of aryl methyl sites for hydroxylation is 2. The Morgan fingerprint density at radius 3 is 2.22 bits per heavy atom. The molecule has 1 aromatic heterocycles. The summed E-state index contributed by atoms with van der Waals surface area (Å²) in [4.78, 5) is 29.4. The van der Waals surface area contributed by atoms with E-state index in [9.17, 15) is 19.8 Å². The van der Waals surface area contributed by atoms with Crippen molar-refractivity contribution in [1.82, 2.24) is 10.3 Å². The molecular formula is C28H26ClN3O4. The molecule has 0 bridgehead atoms. The Balaban J connectivity index is 1.54. The molecule has 1 atom stereocenters. The van der Waals surface area contributed by atoms with Crippen molar-refractivity contribution in [2.75, 3.05) is 6.54 Å². The maximum absolute atomic E-state index is 13.0. The van der Waals surface area contributed by atoms with Crippen molar-refractivity contribution in [3.05, 3.63) is 106 Å². The SMILES string of the molecule is NC[C@H](Cc1ccc(O)cc1)NC(=O)c1cc(C(=O)O)c2cc(CCc3ccc(Cl)cc3)ccc2n1. The van der Waals surface area contributed by atoms with Gasteiger partial charge in [0.25, 0.3) is 5.91 Å². The highest BCUT2D eigenvalue weighted by atomic mass is 35.5. The summed E-state index contributed by atoms with van der Waals surface area (Å²) in [6.07, 6.45) is 1.95. The first-order valence-corrected chi connectivity index (χ1v) is 11.9. The number of aromatic carboxylic acids is 1. The minimum Gasteiger partial charge on any atom is -0.508 e. The average Bonchev–Trinajstić information content (AvgIpc) is 2.88. The van der Waals surface area contributed by atoms with E-state index in [0.717, 1.165) is 23.1 Å². The summed E-state index contributed by atoms with van der Waals surface area (Å²) in [5.41, 5.74) is 9.30. The molecule has 5 N–H and O–H groups in total. The molecule has 0 radical (unpaired) electrons. The molecule has 0 fully saturated rings. The molecule has 0 aliphatic carbocycles. The number of hydrogen-bond acceptors (Lipinski definition) is 5. The van der Waals surface area contributed by atoms with Gasteiger partial charge in [-0.1, -0.05) is 41.9 Å². The number of pyridine rings is 1. The molecule has 1 heterocycles. The number of phenols is 1. The smallest absolute Gasteiger partial charge is 0.336 e. The van der Waals surface area contributed by atoms with E-state index in [1.54, 1.807) is 30.3 Å². The van der Waals surface area contributed by atoms with Gasteiger partial charge in [0.2, 0.25) is 0 Å². The number of aromatic hydroxyl groups is 1. The number of hydrogen-bond donors (Lipinski definition) is 4. The topological polar surface area (TPSA) is 126 Å². The van der Waals surface area contributed by atoms with Crippen LogP contribution in [0.5, 0.6) is 5.75 Å². The van der Waals surface area contributed by atoms with E-state index < -0.39 is 11.9 Å². The van der Waals surface area contributed by atoms with E-state index >= 15 is 0 Å². The molecule has 0 saturated carbocycles. The zero-order chi connectivity index (χ0) is 25.7. The van der Waals surface area contributed by atoms with Crippen molar-refractivity contribution in [1.29, 1.82) is 0 Å². The maximum Gasteiger partial charge on any atom is 0.336 e. The van der Waals surface area contributed by atoms with Gasteiger partial charge in [-0.15, -0.1) is 0 Å². The number of carboxylic acid groups (broad SMARTS) is 1. The number of carbonyl (C=O) groups excluding carboxylic acids is 1. The second kappa shape index (κ2) is 11.2. The number of halogens is 1. The Kier molecular flexibility index (Phi) is 7.83. The van der Waals surface area contributed by atoms with Crippen LogP contribution in [0.25, 0.3) is 10.9 Å². The number of carboxylic acids is 1. The van der Waals surface area contributed by atoms with Crippen LogP contribution >= 0.6 is 11.6 Å². The van der Waals surface area contributed by atoms with Crippen LogP contribution in [0.15, 0.2) is 72.8 Å². The number of nitrogens with zero attached hydrogens (tertiary/aromatic N) is 1. The first kappa shape index (κ1) is 25.2. The van der Waals surface area contributed by atoms with Crippen LogP contribution in [0, 0.1) is 0 Å². The van der Waals surface area contributed by atoms with Gasteiger partial charge in [0.1, 0.15) is 11.4 Å². The summed E-state index contributed by atoms with van der Waals surface area (Å²) in [5, 5.41) is 23.3. The number of carbonyl (C=O) groups is 2. The highest BCUT2D eigenvalue weighted by Gasteiger charge is 2.19. The lowest BCUT2D eigenvalue weighted by Crippen LogP contribution is -2.42. The number of amides is 1. The molecule has 0 spiro atoms. The van der Waals surface area contributed by atoms with Gasteiger partial charge in [0, 0.05) is 23.0 Å². The van der Waals surface area contributed by atoms with Crippen molar-refractivity contribution < 1.29 is 19.8 Å². The first-order chi connectivity index (χ1) is 17.3. The van der Waals surface area contributed by atoms with Crippen LogP contribution in [0.2, 0.25) is 5.02 Å². The monoisotopic (exact) mass is 503 g/mol. The van der Waals surface area contributed by atoms with Gasteiger partial charge in [0.05, 0.1) is 11.1 Å². The van der Waals surface area contributed by atoms with Crippen molar-refractivity contribution in [3.63, 3.8) is 0 Å². The molecule has 7 nitrogen and oxygen atoms in total. The van der Waals surface area contributed by atoms with Crippen LogP contribution in [0.1, 0.15) is 37.5 Å². The van der Waals surface area contributed by atoms with Crippen molar-refractivity contribution in [3.8, 4) is 5.75 Å². The molecule has 36 heavy (non-hydrogen) atoms. The standard InChI is InChI=1S/C28H26ClN3O4/c29-20-8-3-17(4-9-20)1-2-19-7-12-25-23(14-19)24(28(35)36)15-26(32-25)27(34)31-21(16-30)13-18-5-10-22(33)11-6-18/h3-12,14-15,21,33H,1-2,13,16,30H2,(H,31,34)(H,35,36)/t21-/m0/s1. The molecule has 8 heteroatoms. The summed E-state index contributed by atoms with van der Waals surface area (Å²) >= 11 is 5.95. The van der Waals surface area contributed by atoms with Crippen molar-refractivity contribution >= 4 is 34.4 Å². The third kappa shape index (κ3) is 6.19. The third-order valence-electron chi connectivity index (χ3n) is 5.99. The second-order valence-corrected chi connectivity index (χ2v) is 9.05. The molecule has 0 aliphatic rings. The molecular weight excluding hydrogens is 478 g/mol. The number of nitrogens with two attached hydrogens (primary N) is 1. The summed E-state index contributed by atoms with van der Waals surface area (Å²) in [5.74, 6) is -1.48. The van der Waals surface area contributed by atoms with E-state index in [0.29, 0.717) is 28.8 Å². The molecule has 4 aromatic rings. The molecule has 0 saturated heterocycles. The van der Waals surface area contributed by atoms with Crippen LogP contribution in [0.4, 0.5) is 0 Å². The zero-order valence-corrected chi connectivity index (χ0v) is 20.2. The van der Waals surface area contributed by atoms with E-state index in [1.165, 1.54) is 6.07 Å². The van der Waals surface area contributed by atoms with Crippen LogP contribution in [0.3, 0.4) is 0 Å². The maximum atomic E-state index is 13.0. The van der Waals surface area contributed by atoms with Gasteiger partial charge in [-0.2, -0.15) is 0 Å². The number of benzene rings is 3. The minimum absolute atomic E-state index is 0.0120. The van der Waals surface area contributed by atoms with Crippen LogP contribution < -0.4 is 11.1 Å². The van der Waals surface area contributed by atoms with E-state index in [-0.39, 0.29) is 29.6 Å². The van der Waals surface area contributed by atoms with Crippen molar-refractivity contribution in [2.24, 2.45) is 5.73 Å². The fourth-order valence-electron chi connectivity index (χ4n) is 4.03. The second-order valence-electron chi connectivity index (χ2n) is 8.61. The molecule has 3 aromatic carbocycles. The third-order valence-corrected chi connectivity index (χ3v) is 6.24. The summed E-state index contributed by atoms with van der Waals surface area (Å²) in [7, 11) is 0. The van der Waals surface area contributed by atoms with Gasteiger partial charge in [0.15, 0.2) is 0 Å². The Hall–Kier alpha value is -3.94. The molecule has 4 rings (SSSR count). The molecule has 1 amide bonds. The summed E-state index contributed by atoms with van der Waals surface area (Å²) < 4.78 is 0. The van der Waals surface area contributed by atoms with Gasteiger partial charge in [-0.05, 0) is 78.4 Å². The Bertz CT molecular complexity index is 1390. The highest BCUT2D eigenvalue weighted by molar-refractivity contribution is 6.30. The minimum atomic E-state index is -1.13. The lowest BCUT2D eigenvalue weighted by Gasteiger charge is -2.17. The summed E-state index contributed by atoms with van der Waals surface area (Å²) in [6.45, 7) is 0.183. The van der Waals surface area contributed by atoms with Gasteiger partial charge in [-0.25, -0.2) is 9.78 Å². The normalized spacial score (nSPS) is 11.8. The quantitative estimate of drug-likeness (QED) is 0.268. The highest BCUT2D eigenvalue weighted by Crippen LogP contribution is 2.22. The number of nitrogens with one attached hydrogen (secondary N) is 1. The summed E-state index contributed by atoms with van der Waals surface area (Å²) in [6, 6.07) is 20.6. The number of phenolic OH excluding ortho intramolecular Hbond substituents is 1. The molecule has 0 aliphatic heterocycles. The first-order valence-electron chi connectivity index (χ1n) is 11.5. The Morgan fingerprint density at radius 1 is 0.917 bits per heavy atom. The predicted molar refractivity (Wildman–Crippen MR) is 140 cm³/mol.